The maximum Gasteiger partial charge on any atom is 0.123 e. The van der Waals surface area contributed by atoms with Crippen LogP contribution in [0.3, 0.4) is 0 Å². The molecule has 1 aromatic carbocycles. The van der Waals surface area contributed by atoms with Crippen molar-refractivity contribution >= 4 is 0 Å². The van der Waals surface area contributed by atoms with Gasteiger partial charge in [0.15, 0.2) is 0 Å². The van der Waals surface area contributed by atoms with E-state index in [2.05, 4.69) is 26.1 Å². The first-order valence-electron chi connectivity index (χ1n) is 6.17. The van der Waals surface area contributed by atoms with Crippen LogP contribution in [-0.4, -0.2) is 6.54 Å². The quantitative estimate of drug-likeness (QED) is 0.771. The third-order valence-corrected chi connectivity index (χ3v) is 3.06. The SMILES string of the molecule is CCCNC(c1ccc(F)cc1)C(C)CC. The van der Waals surface area contributed by atoms with E-state index in [4.69, 9.17) is 0 Å². The maximum absolute atomic E-state index is 12.9. The molecule has 0 aliphatic carbocycles. The van der Waals surface area contributed by atoms with Crippen LogP contribution in [0.5, 0.6) is 0 Å². The molecule has 0 fully saturated rings. The average Bonchev–Trinajstić information content (AvgIpc) is 2.31. The van der Waals surface area contributed by atoms with E-state index in [0.29, 0.717) is 12.0 Å². The number of hydrogen-bond donors (Lipinski definition) is 1. The van der Waals surface area contributed by atoms with Gasteiger partial charge in [-0.25, -0.2) is 4.39 Å². The minimum Gasteiger partial charge on any atom is -0.310 e. The van der Waals surface area contributed by atoms with E-state index >= 15 is 0 Å². The minimum absolute atomic E-state index is 0.165. The van der Waals surface area contributed by atoms with Crippen LogP contribution >= 0.6 is 0 Å². The second-order valence-corrected chi connectivity index (χ2v) is 4.37. The van der Waals surface area contributed by atoms with Crippen LogP contribution < -0.4 is 5.32 Å². The Labute approximate surface area is 98.1 Å². The van der Waals surface area contributed by atoms with Crippen molar-refractivity contribution in [3.05, 3.63) is 35.6 Å². The van der Waals surface area contributed by atoms with Gasteiger partial charge in [0.25, 0.3) is 0 Å². The van der Waals surface area contributed by atoms with Crippen LogP contribution in [0.15, 0.2) is 24.3 Å². The Bertz CT molecular complexity index is 294. The van der Waals surface area contributed by atoms with Crippen molar-refractivity contribution in [3.63, 3.8) is 0 Å². The minimum atomic E-state index is -0.165. The highest BCUT2D eigenvalue weighted by molar-refractivity contribution is 5.20. The van der Waals surface area contributed by atoms with Gasteiger partial charge in [-0.1, -0.05) is 39.3 Å². The number of benzene rings is 1. The molecule has 0 bridgehead atoms. The first kappa shape index (κ1) is 13.2. The second kappa shape index (κ2) is 6.64. The van der Waals surface area contributed by atoms with Crippen LogP contribution in [0.4, 0.5) is 4.39 Å². The Morgan fingerprint density at radius 3 is 2.31 bits per heavy atom. The Kier molecular flexibility index (Phi) is 5.47. The Balaban J connectivity index is 2.78. The summed E-state index contributed by atoms with van der Waals surface area (Å²) in [4.78, 5) is 0. The molecule has 0 aliphatic heterocycles. The van der Waals surface area contributed by atoms with Crippen molar-refractivity contribution in [2.75, 3.05) is 6.54 Å². The van der Waals surface area contributed by atoms with Crippen molar-refractivity contribution in [2.24, 2.45) is 5.92 Å². The van der Waals surface area contributed by atoms with Crippen molar-refractivity contribution < 1.29 is 4.39 Å². The van der Waals surface area contributed by atoms with Crippen molar-refractivity contribution in [2.45, 2.75) is 39.7 Å². The number of halogens is 1. The van der Waals surface area contributed by atoms with Crippen LogP contribution in [0.2, 0.25) is 0 Å². The molecule has 1 N–H and O–H groups in total. The molecular formula is C14H22FN. The van der Waals surface area contributed by atoms with Crippen LogP contribution in [-0.2, 0) is 0 Å². The normalized spacial score (nSPS) is 14.8. The fourth-order valence-electron chi connectivity index (χ4n) is 1.85. The summed E-state index contributed by atoms with van der Waals surface area (Å²) in [5.41, 5.74) is 1.18. The van der Waals surface area contributed by atoms with Gasteiger partial charge in [-0.2, -0.15) is 0 Å². The van der Waals surface area contributed by atoms with Crippen molar-refractivity contribution in [1.82, 2.24) is 5.32 Å². The summed E-state index contributed by atoms with van der Waals surface area (Å²) in [5, 5.41) is 3.53. The molecule has 0 saturated heterocycles. The standard InChI is InChI=1S/C14H22FN/c1-4-10-16-14(11(3)5-2)12-6-8-13(15)9-7-12/h6-9,11,14,16H,4-5,10H2,1-3H3. The van der Waals surface area contributed by atoms with Crippen LogP contribution in [0.25, 0.3) is 0 Å². The topological polar surface area (TPSA) is 12.0 Å². The lowest BCUT2D eigenvalue weighted by molar-refractivity contribution is 0.377. The first-order chi connectivity index (χ1) is 7.69. The molecule has 0 radical (unpaired) electrons. The fraction of sp³-hybridized carbons (Fsp3) is 0.571. The molecule has 0 aromatic heterocycles. The van der Waals surface area contributed by atoms with E-state index in [1.807, 2.05) is 12.1 Å². The maximum atomic E-state index is 12.9. The predicted molar refractivity (Wildman–Crippen MR) is 66.9 cm³/mol. The van der Waals surface area contributed by atoms with Gasteiger partial charge >= 0.3 is 0 Å². The highest BCUT2D eigenvalue weighted by atomic mass is 19.1. The first-order valence-corrected chi connectivity index (χ1v) is 6.17. The van der Waals surface area contributed by atoms with E-state index in [9.17, 15) is 4.39 Å². The van der Waals surface area contributed by atoms with E-state index in [1.54, 1.807) is 12.1 Å². The van der Waals surface area contributed by atoms with Crippen molar-refractivity contribution in [3.8, 4) is 0 Å². The molecule has 0 spiro atoms. The van der Waals surface area contributed by atoms with Gasteiger partial charge in [-0.3, -0.25) is 0 Å². The highest BCUT2D eigenvalue weighted by Gasteiger charge is 2.16. The molecule has 90 valence electrons. The van der Waals surface area contributed by atoms with Gasteiger partial charge in [0.05, 0.1) is 0 Å². The fourth-order valence-corrected chi connectivity index (χ4v) is 1.85. The number of hydrogen-bond acceptors (Lipinski definition) is 1. The van der Waals surface area contributed by atoms with E-state index < -0.39 is 0 Å². The smallest absolute Gasteiger partial charge is 0.123 e. The number of nitrogens with one attached hydrogen (secondary N) is 1. The molecule has 0 heterocycles. The molecular weight excluding hydrogens is 201 g/mol. The third kappa shape index (κ3) is 3.60. The van der Waals surface area contributed by atoms with E-state index in [1.165, 1.54) is 5.56 Å². The second-order valence-electron chi connectivity index (χ2n) is 4.37. The monoisotopic (exact) mass is 223 g/mol. The summed E-state index contributed by atoms with van der Waals surface area (Å²) in [7, 11) is 0. The zero-order valence-corrected chi connectivity index (χ0v) is 10.5. The molecule has 2 heteroatoms. The lowest BCUT2D eigenvalue weighted by atomic mass is 9.92. The van der Waals surface area contributed by atoms with Crippen molar-refractivity contribution in [1.29, 1.82) is 0 Å². The molecule has 0 amide bonds. The Morgan fingerprint density at radius 1 is 1.19 bits per heavy atom. The summed E-state index contributed by atoms with van der Waals surface area (Å²) >= 11 is 0. The average molecular weight is 223 g/mol. The molecule has 1 rings (SSSR count). The van der Waals surface area contributed by atoms with E-state index in [-0.39, 0.29) is 5.82 Å². The van der Waals surface area contributed by atoms with Gasteiger partial charge in [-0.15, -0.1) is 0 Å². The molecule has 0 aliphatic rings. The highest BCUT2D eigenvalue weighted by Crippen LogP contribution is 2.24. The molecule has 2 atom stereocenters. The largest absolute Gasteiger partial charge is 0.310 e. The van der Waals surface area contributed by atoms with E-state index in [0.717, 1.165) is 19.4 Å². The summed E-state index contributed by atoms with van der Waals surface area (Å²) < 4.78 is 12.9. The lowest BCUT2D eigenvalue weighted by Crippen LogP contribution is -2.27. The third-order valence-electron chi connectivity index (χ3n) is 3.06. The van der Waals surface area contributed by atoms with Gasteiger partial charge in [0, 0.05) is 6.04 Å². The molecule has 1 nitrogen and oxygen atoms in total. The lowest BCUT2D eigenvalue weighted by Gasteiger charge is -2.24. The molecule has 16 heavy (non-hydrogen) atoms. The van der Waals surface area contributed by atoms with Crippen LogP contribution in [0.1, 0.15) is 45.2 Å². The summed E-state index contributed by atoms with van der Waals surface area (Å²) in [5.74, 6) is 0.402. The summed E-state index contributed by atoms with van der Waals surface area (Å²) in [6.07, 6.45) is 2.24. The molecule has 1 aromatic rings. The number of rotatable bonds is 6. The summed E-state index contributed by atoms with van der Waals surface area (Å²) in [6.45, 7) is 7.59. The molecule has 2 unspecified atom stereocenters. The van der Waals surface area contributed by atoms with Gasteiger partial charge in [-0.05, 0) is 36.6 Å². The molecule has 0 saturated carbocycles. The zero-order valence-electron chi connectivity index (χ0n) is 10.5. The Hall–Kier alpha value is -0.890. The van der Waals surface area contributed by atoms with Gasteiger partial charge in [0.2, 0.25) is 0 Å². The predicted octanol–water partition coefficient (Wildman–Crippen LogP) is 3.91. The Morgan fingerprint density at radius 2 is 1.81 bits per heavy atom. The van der Waals surface area contributed by atoms with Gasteiger partial charge < -0.3 is 5.32 Å². The van der Waals surface area contributed by atoms with Crippen LogP contribution in [0, 0.1) is 11.7 Å². The summed E-state index contributed by atoms with van der Waals surface area (Å²) in [6, 6.07) is 7.19. The zero-order chi connectivity index (χ0) is 12.0. The van der Waals surface area contributed by atoms with Gasteiger partial charge in [0.1, 0.15) is 5.82 Å².